The van der Waals surface area contributed by atoms with E-state index < -0.39 is 0 Å². The number of nitrogens with one attached hydrogen (secondary N) is 1. The molecule has 0 aliphatic heterocycles. The summed E-state index contributed by atoms with van der Waals surface area (Å²) in [6.45, 7) is 9.30. The number of nitrogens with two attached hydrogens (primary N) is 1. The molecule has 0 spiro atoms. The molecule has 11 heavy (non-hydrogen) atoms. The van der Waals surface area contributed by atoms with Gasteiger partial charge in [-0.3, -0.25) is 0 Å². The zero-order valence-electron chi connectivity index (χ0n) is 9.07. The molecule has 72 valence electrons. The van der Waals surface area contributed by atoms with Crippen LogP contribution in [0, 0.1) is 5.92 Å². The first-order valence-electron chi connectivity index (χ1n) is 4.39. The summed E-state index contributed by atoms with van der Waals surface area (Å²) in [5, 5.41) is 2.75. The van der Waals surface area contributed by atoms with E-state index in [2.05, 4.69) is 26.1 Å². The topological polar surface area (TPSA) is 38.0 Å². The van der Waals surface area contributed by atoms with Gasteiger partial charge in [0.25, 0.3) is 0 Å². The average Bonchev–Trinajstić information content (AvgIpc) is 1.91. The van der Waals surface area contributed by atoms with E-state index in [1.54, 1.807) is 0 Å². The third-order valence-corrected chi connectivity index (χ3v) is 0.816. The quantitative estimate of drug-likeness (QED) is 0.617. The lowest BCUT2D eigenvalue weighted by Crippen LogP contribution is -1.89. The van der Waals surface area contributed by atoms with Gasteiger partial charge in [0.1, 0.15) is 0 Å². The second-order valence-corrected chi connectivity index (χ2v) is 2.71. The van der Waals surface area contributed by atoms with Crippen LogP contribution >= 0.6 is 0 Å². The molecule has 2 heteroatoms. The van der Waals surface area contributed by atoms with Gasteiger partial charge in [0, 0.05) is 0 Å². The molecule has 0 saturated carbocycles. The molecule has 0 amide bonds. The van der Waals surface area contributed by atoms with Gasteiger partial charge in [-0.2, -0.15) is 0 Å². The fraction of sp³-hybridized carbons (Fsp3) is 1.00. The Morgan fingerprint density at radius 2 is 1.27 bits per heavy atom. The lowest BCUT2D eigenvalue weighted by Gasteiger charge is -1.90. The van der Waals surface area contributed by atoms with Gasteiger partial charge in [-0.1, -0.05) is 34.1 Å². The third kappa shape index (κ3) is 169. The van der Waals surface area contributed by atoms with Crippen LogP contribution < -0.4 is 11.1 Å². The molecule has 0 aromatic carbocycles. The lowest BCUT2D eigenvalue weighted by molar-refractivity contribution is 0.626. The minimum Gasteiger partial charge on any atom is -0.331 e. The smallest absolute Gasteiger partial charge is 0.0106 e. The summed E-state index contributed by atoms with van der Waals surface area (Å²) in [6, 6.07) is 0. The van der Waals surface area contributed by atoms with Gasteiger partial charge in [-0.05, 0) is 26.6 Å². The zero-order chi connectivity index (χ0) is 9.70. The largest absolute Gasteiger partial charge is 0.331 e. The summed E-state index contributed by atoms with van der Waals surface area (Å²) in [5.74, 6) is 0.884. The molecule has 2 nitrogen and oxygen atoms in total. The second-order valence-electron chi connectivity index (χ2n) is 2.71. The van der Waals surface area contributed by atoms with Crippen molar-refractivity contribution in [1.29, 1.82) is 0 Å². The highest BCUT2D eigenvalue weighted by molar-refractivity contribution is 4.32. The van der Waals surface area contributed by atoms with E-state index >= 15 is 0 Å². The van der Waals surface area contributed by atoms with Crippen LogP contribution in [0.1, 0.15) is 34.1 Å². The molecular formula is C9H26N2. The van der Waals surface area contributed by atoms with Crippen LogP contribution in [0.4, 0.5) is 0 Å². The fourth-order valence-electron chi connectivity index (χ4n) is 0. The molecule has 0 rings (SSSR count). The first-order chi connectivity index (χ1) is 5.10. The van der Waals surface area contributed by atoms with E-state index in [1.165, 1.54) is 6.42 Å². The summed E-state index contributed by atoms with van der Waals surface area (Å²) < 4.78 is 0. The Hall–Kier alpha value is -0.0800. The summed E-state index contributed by atoms with van der Waals surface area (Å²) in [7, 11) is 3.75. The molecule has 0 heterocycles. The molecule has 0 aromatic rings. The van der Waals surface area contributed by atoms with Gasteiger partial charge in [0.15, 0.2) is 0 Å². The molecular weight excluding hydrogens is 136 g/mol. The summed E-state index contributed by atoms with van der Waals surface area (Å²) >= 11 is 0. The first-order valence-corrected chi connectivity index (χ1v) is 4.39. The molecule has 0 unspecified atom stereocenters. The maximum Gasteiger partial charge on any atom is -0.0106 e. The zero-order valence-corrected chi connectivity index (χ0v) is 9.07. The summed E-state index contributed by atoms with van der Waals surface area (Å²) in [4.78, 5) is 0. The maximum atomic E-state index is 4.85. The van der Waals surface area contributed by atoms with E-state index in [4.69, 9.17) is 5.73 Å². The van der Waals surface area contributed by atoms with E-state index in [9.17, 15) is 0 Å². The monoisotopic (exact) mass is 162 g/mol. The highest BCUT2D eigenvalue weighted by Crippen LogP contribution is 1.93. The van der Waals surface area contributed by atoms with Gasteiger partial charge in [-0.15, -0.1) is 0 Å². The molecule has 0 atom stereocenters. The lowest BCUT2D eigenvalue weighted by atomic mass is 10.2. The molecule has 0 fully saturated rings. The third-order valence-electron chi connectivity index (χ3n) is 0.816. The van der Waals surface area contributed by atoms with Gasteiger partial charge in [-0.25, -0.2) is 0 Å². The molecule has 0 bridgehead atoms. The van der Waals surface area contributed by atoms with Crippen LogP contribution in [0.2, 0.25) is 0 Å². The van der Waals surface area contributed by atoms with Crippen LogP contribution in [0.3, 0.4) is 0 Å². The Balaban J connectivity index is -0.0000000933. The van der Waals surface area contributed by atoms with Gasteiger partial charge in [0.2, 0.25) is 0 Å². The fourth-order valence-corrected chi connectivity index (χ4v) is 0. The standard InChI is InChI=1S/C5H12.2C2H7N/c1-4-5(2)3;1-3-2;1-2-3/h5H,4H2,1-3H3;3H,1-2H3;2-3H2,1H3. The predicted octanol–water partition coefficient (Wildman–Crippen LogP) is 1.85. The minimum absolute atomic E-state index is 0.750. The minimum atomic E-state index is 0.750. The molecule has 0 aliphatic carbocycles. The Labute approximate surface area is 72.6 Å². The van der Waals surface area contributed by atoms with Crippen molar-refractivity contribution in [3.05, 3.63) is 0 Å². The van der Waals surface area contributed by atoms with Crippen molar-refractivity contribution in [2.24, 2.45) is 11.7 Å². The van der Waals surface area contributed by atoms with E-state index in [0.29, 0.717) is 0 Å². The number of hydrogen-bond donors (Lipinski definition) is 2. The van der Waals surface area contributed by atoms with Crippen molar-refractivity contribution in [2.45, 2.75) is 34.1 Å². The Morgan fingerprint density at radius 1 is 1.18 bits per heavy atom. The highest BCUT2D eigenvalue weighted by Gasteiger charge is 1.80. The van der Waals surface area contributed by atoms with Crippen molar-refractivity contribution in [1.82, 2.24) is 5.32 Å². The highest BCUT2D eigenvalue weighted by atomic mass is 14.7. The van der Waals surface area contributed by atoms with Crippen LogP contribution in [0.5, 0.6) is 0 Å². The van der Waals surface area contributed by atoms with Crippen molar-refractivity contribution < 1.29 is 0 Å². The van der Waals surface area contributed by atoms with Crippen molar-refractivity contribution in [3.8, 4) is 0 Å². The molecule has 3 N–H and O–H groups in total. The maximum absolute atomic E-state index is 4.85. The van der Waals surface area contributed by atoms with Crippen LogP contribution in [0.25, 0.3) is 0 Å². The summed E-state index contributed by atoms with van der Waals surface area (Å²) in [6.07, 6.45) is 1.31. The number of rotatable bonds is 1. The first kappa shape index (κ1) is 17.1. The van der Waals surface area contributed by atoms with Crippen molar-refractivity contribution in [2.75, 3.05) is 20.6 Å². The van der Waals surface area contributed by atoms with Crippen LogP contribution in [-0.4, -0.2) is 20.6 Å². The Bertz CT molecular complexity index is 34.5. The predicted molar refractivity (Wildman–Crippen MR) is 54.8 cm³/mol. The van der Waals surface area contributed by atoms with Crippen molar-refractivity contribution >= 4 is 0 Å². The van der Waals surface area contributed by atoms with Gasteiger partial charge < -0.3 is 11.1 Å². The molecule has 0 saturated heterocycles. The van der Waals surface area contributed by atoms with Gasteiger partial charge in [0.05, 0.1) is 0 Å². The number of hydrogen-bond acceptors (Lipinski definition) is 2. The van der Waals surface area contributed by atoms with Crippen molar-refractivity contribution in [3.63, 3.8) is 0 Å². The summed E-state index contributed by atoms with van der Waals surface area (Å²) in [5.41, 5.74) is 4.85. The van der Waals surface area contributed by atoms with E-state index in [0.717, 1.165) is 12.5 Å². The second kappa shape index (κ2) is 22.5. The van der Waals surface area contributed by atoms with Crippen LogP contribution in [0.15, 0.2) is 0 Å². The molecule has 0 aliphatic rings. The SMILES string of the molecule is CCC(C)C.CCN.CNC. The Kier molecular flexibility index (Phi) is 35.1. The molecule has 0 aromatic heterocycles. The Morgan fingerprint density at radius 3 is 1.27 bits per heavy atom. The molecule has 0 radical (unpaired) electrons. The van der Waals surface area contributed by atoms with E-state index in [1.807, 2.05) is 21.0 Å². The normalized spacial score (nSPS) is 7.64. The average molecular weight is 162 g/mol. The van der Waals surface area contributed by atoms with Gasteiger partial charge >= 0.3 is 0 Å². The van der Waals surface area contributed by atoms with Crippen LogP contribution in [-0.2, 0) is 0 Å². The van der Waals surface area contributed by atoms with E-state index in [-0.39, 0.29) is 0 Å².